The zero-order chi connectivity index (χ0) is 18.4. The second kappa shape index (κ2) is 9.14. The van der Waals surface area contributed by atoms with Crippen LogP contribution in [-0.2, 0) is 9.53 Å². The van der Waals surface area contributed by atoms with Gasteiger partial charge in [-0.25, -0.2) is 0 Å². The highest BCUT2D eigenvalue weighted by atomic mass is 16.5. The van der Waals surface area contributed by atoms with E-state index >= 15 is 0 Å². The molecule has 2 aliphatic rings. The first-order chi connectivity index (χ1) is 12.7. The average Bonchev–Trinajstić information content (AvgIpc) is 3.22. The lowest BCUT2D eigenvalue weighted by atomic mass is 9.93. The molecule has 0 spiro atoms. The van der Waals surface area contributed by atoms with E-state index in [1.807, 2.05) is 4.90 Å². The second-order valence-electron chi connectivity index (χ2n) is 7.03. The molecule has 144 valence electrons. The SMILES string of the molecule is COCCNC(=O)[C@H]1CCCN(C2CCN(C(=O)c3ccon3)CC2)C1. The predicted molar refractivity (Wildman–Crippen MR) is 94.6 cm³/mol. The first kappa shape index (κ1) is 18.8. The molecule has 0 aromatic carbocycles. The highest BCUT2D eigenvalue weighted by Gasteiger charge is 2.32. The number of carbonyl (C=O) groups excluding carboxylic acids is 2. The average molecular weight is 364 g/mol. The van der Waals surface area contributed by atoms with Crippen LogP contribution in [0.3, 0.4) is 0 Å². The van der Waals surface area contributed by atoms with Gasteiger partial charge < -0.3 is 19.5 Å². The summed E-state index contributed by atoms with van der Waals surface area (Å²) < 4.78 is 9.74. The van der Waals surface area contributed by atoms with E-state index in [0.29, 0.717) is 24.9 Å². The number of likely N-dealkylation sites (tertiary alicyclic amines) is 2. The summed E-state index contributed by atoms with van der Waals surface area (Å²) >= 11 is 0. The summed E-state index contributed by atoms with van der Waals surface area (Å²) in [4.78, 5) is 28.9. The number of amides is 2. The van der Waals surface area contributed by atoms with E-state index in [1.54, 1.807) is 13.2 Å². The van der Waals surface area contributed by atoms with Crippen molar-refractivity contribution in [1.29, 1.82) is 0 Å². The Morgan fingerprint density at radius 3 is 2.81 bits per heavy atom. The minimum absolute atomic E-state index is 0.0513. The summed E-state index contributed by atoms with van der Waals surface area (Å²) in [5.41, 5.74) is 0.370. The molecule has 1 atom stereocenters. The molecule has 2 saturated heterocycles. The Kier molecular flexibility index (Phi) is 6.62. The number of rotatable bonds is 6. The van der Waals surface area contributed by atoms with Gasteiger partial charge in [0.15, 0.2) is 5.69 Å². The molecule has 2 amide bonds. The van der Waals surface area contributed by atoms with Crippen molar-refractivity contribution in [2.75, 3.05) is 46.4 Å². The Hall–Kier alpha value is -1.93. The van der Waals surface area contributed by atoms with E-state index in [1.165, 1.54) is 6.26 Å². The van der Waals surface area contributed by atoms with E-state index in [-0.39, 0.29) is 17.7 Å². The summed E-state index contributed by atoms with van der Waals surface area (Å²) in [7, 11) is 1.63. The molecule has 0 saturated carbocycles. The summed E-state index contributed by atoms with van der Waals surface area (Å²) in [6.07, 6.45) is 5.27. The van der Waals surface area contributed by atoms with Crippen LogP contribution in [0.25, 0.3) is 0 Å². The van der Waals surface area contributed by atoms with Crippen molar-refractivity contribution in [2.45, 2.75) is 31.7 Å². The van der Waals surface area contributed by atoms with Crippen molar-refractivity contribution < 1.29 is 18.8 Å². The highest BCUT2D eigenvalue weighted by molar-refractivity contribution is 5.92. The van der Waals surface area contributed by atoms with Gasteiger partial charge in [0, 0.05) is 45.4 Å². The summed E-state index contributed by atoms with van der Waals surface area (Å²) in [6.45, 7) is 4.38. The predicted octanol–water partition coefficient (Wildman–Crippen LogP) is 0.754. The first-order valence-corrected chi connectivity index (χ1v) is 9.39. The molecule has 8 heteroatoms. The molecule has 3 rings (SSSR count). The van der Waals surface area contributed by atoms with Gasteiger partial charge in [-0.05, 0) is 32.2 Å². The van der Waals surface area contributed by atoms with E-state index in [4.69, 9.17) is 9.26 Å². The fraction of sp³-hybridized carbons (Fsp3) is 0.722. The topological polar surface area (TPSA) is 87.9 Å². The maximum Gasteiger partial charge on any atom is 0.276 e. The van der Waals surface area contributed by atoms with Crippen LogP contribution in [-0.4, -0.2) is 79.3 Å². The molecule has 0 aliphatic carbocycles. The molecule has 0 bridgehead atoms. The Morgan fingerprint density at radius 1 is 1.31 bits per heavy atom. The van der Waals surface area contributed by atoms with Crippen LogP contribution in [0.5, 0.6) is 0 Å². The molecular formula is C18H28N4O4. The lowest BCUT2D eigenvalue weighted by Crippen LogP contribution is -2.51. The standard InChI is InChI=1S/C18H28N4O4/c1-25-12-7-19-17(23)14-3-2-8-22(13-14)15-4-9-21(10-5-15)18(24)16-6-11-26-20-16/h6,11,14-15H,2-5,7-10,12-13H2,1H3,(H,19,23)/t14-/m0/s1. The van der Waals surface area contributed by atoms with Crippen molar-refractivity contribution in [3.63, 3.8) is 0 Å². The molecule has 1 aromatic heterocycles. The third-order valence-electron chi connectivity index (χ3n) is 5.35. The molecule has 8 nitrogen and oxygen atoms in total. The molecule has 1 N–H and O–H groups in total. The smallest absolute Gasteiger partial charge is 0.276 e. The van der Waals surface area contributed by atoms with Crippen LogP contribution in [0.2, 0.25) is 0 Å². The number of aromatic nitrogens is 1. The van der Waals surface area contributed by atoms with E-state index in [2.05, 4.69) is 15.4 Å². The number of hydrogen-bond donors (Lipinski definition) is 1. The zero-order valence-electron chi connectivity index (χ0n) is 15.4. The van der Waals surface area contributed by atoms with Crippen LogP contribution in [0, 0.1) is 5.92 Å². The molecule has 1 aromatic rings. The van der Waals surface area contributed by atoms with Crippen LogP contribution < -0.4 is 5.32 Å². The van der Waals surface area contributed by atoms with E-state index in [9.17, 15) is 9.59 Å². The number of nitrogens with zero attached hydrogens (tertiary/aromatic N) is 3. The van der Waals surface area contributed by atoms with Crippen molar-refractivity contribution in [2.24, 2.45) is 5.92 Å². The van der Waals surface area contributed by atoms with Crippen LogP contribution in [0.1, 0.15) is 36.2 Å². The zero-order valence-corrected chi connectivity index (χ0v) is 15.4. The van der Waals surface area contributed by atoms with Gasteiger partial charge >= 0.3 is 0 Å². The van der Waals surface area contributed by atoms with Crippen molar-refractivity contribution in [1.82, 2.24) is 20.3 Å². The highest BCUT2D eigenvalue weighted by Crippen LogP contribution is 2.24. The van der Waals surface area contributed by atoms with Gasteiger partial charge in [0.05, 0.1) is 12.5 Å². The molecular weight excluding hydrogens is 336 g/mol. The van der Waals surface area contributed by atoms with Crippen molar-refractivity contribution >= 4 is 11.8 Å². The largest absolute Gasteiger partial charge is 0.383 e. The second-order valence-corrected chi connectivity index (χ2v) is 7.03. The third kappa shape index (κ3) is 4.62. The Balaban J connectivity index is 1.46. The summed E-state index contributed by atoms with van der Waals surface area (Å²) in [5.74, 6) is 0.118. The van der Waals surface area contributed by atoms with Crippen molar-refractivity contribution in [3.05, 3.63) is 18.0 Å². The van der Waals surface area contributed by atoms with Gasteiger partial charge in [-0.1, -0.05) is 5.16 Å². The van der Waals surface area contributed by atoms with Gasteiger partial charge in [0.25, 0.3) is 5.91 Å². The molecule has 2 aliphatic heterocycles. The Bertz CT molecular complexity index is 584. The first-order valence-electron chi connectivity index (χ1n) is 9.39. The lowest BCUT2D eigenvalue weighted by molar-refractivity contribution is -0.127. The molecule has 0 unspecified atom stereocenters. The normalized spacial score (nSPS) is 22.3. The van der Waals surface area contributed by atoms with Gasteiger partial charge in [-0.3, -0.25) is 14.5 Å². The quantitative estimate of drug-likeness (QED) is 0.750. The number of ether oxygens (including phenoxy) is 1. The molecule has 0 radical (unpaired) electrons. The van der Waals surface area contributed by atoms with Gasteiger partial charge in [-0.2, -0.15) is 0 Å². The summed E-state index contributed by atoms with van der Waals surface area (Å²) in [6, 6.07) is 2.04. The maximum atomic E-state index is 12.3. The third-order valence-corrected chi connectivity index (χ3v) is 5.35. The van der Waals surface area contributed by atoms with Gasteiger partial charge in [0.2, 0.25) is 5.91 Å². The molecule has 3 heterocycles. The molecule has 2 fully saturated rings. The fourth-order valence-corrected chi connectivity index (χ4v) is 3.89. The Morgan fingerprint density at radius 2 is 2.12 bits per heavy atom. The van der Waals surface area contributed by atoms with E-state index in [0.717, 1.165) is 51.9 Å². The Labute approximate surface area is 153 Å². The minimum Gasteiger partial charge on any atom is -0.383 e. The number of methoxy groups -OCH3 is 1. The number of piperidine rings is 2. The van der Waals surface area contributed by atoms with Crippen LogP contribution in [0.15, 0.2) is 16.9 Å². The van der Waals surface area contributed by atoms with Crippen LogP contribution >= 0.6 is 0 Å². The van der Waals surface area contributed by atoms with Gasteiger partial charge in [0.1, 0.15) is 6.26 Å². The molecule has 26 heavy (non-hydrogen) atoms. The number of nitrogens with one attached hydrogen (secondary N) is 1. The lowest BCUT2D eigenvalue weighted by Gasteiger charge is -2.41. The van der Waals surface area contributed by atoms with Gasteiger partial charge in [-0.15, -0.1) is 0 Å². The minimum atomic E-state index is -0.0637. The number of hydrogen-bond acceptors (Lipinski definition) is 6. The monoisotopic (exact) mass is 364 g/mol. The number of carbonyl (C=O) groups is 2. The van der Waals surface area contributed by atoms with E-state index < -0.39 is 0 Å². The summed E-state index contributed by atoms with van der Waals surface area (Å²) in [5, 5.41) is 6.69. The van der Waals surface area contributed by atoms with Crippen molar-refractivity contribution in [3.8, 4) is 0 Å². The van der Waals surface area contributed by atoms with Crippen LogP contribution in [0.4, 0.5) is 0 Å². The fourth-order valence-electron chi connectivity index (χ4n) is 3.89. The maximum absolute atomic E-state index is 12.3.